The van der Waals surface area contributed by atoms with Gasteiger partial charge >= 0.3 is 0 Å². The third kappa shape index (κ3) is 3.53. The van der Waals surface area contributed by atoms with E-state index in [-0.39, 0.29) is 17.8 Å². The minimum atomic E-state index is -0.360. The fourth-order valence-electron chi connectivity index (χ4n) is 1.07. The van der Waals surface area contributed by atoms with Gasteiger partial charge in [-0.15, -0.1) is 0 Å². The summed E-state index contributed by atoms with van der Waals surface area (Å²) in [5.41, 5.74) is 0.587. The fraction of sp³-hybridized carbons (Fsp3) is 0.462. The molecule has 1 aromatic rings. The van der Waals surface area contributed by atoms with E-state index < -0.39 is 0 Å². The van der Waals surface area contributed by atoms with Gasteiger partial charge in [-0.1, -0.05) is 32.4 Å². The average molecular weight is 241 g/mol. The highest BCUT2D eigenvalue weighted by molar-refractivity contribution is 6.31. The zero-order chi connectivity index (χ0) is 12.3. The van der Waals surface area contributed by atoms with Crippen molar-refractivity contribution in [2.24, 2.45) is 5.41 Å². The maximum Gasteiger partial charge on any atom is 0.175 e. The van der Waals surface area contributed by atoms with Crippen LogP contribution in [0.5, 0.6) is 5.75 Å². The van der Waals surface area contributed by atoms with Crippen LogP contribution >= 0.6 is 11.6 Å². The summed E-state index contributed by atoms with van der Waals surface area (Å²) in [6.07, 6.45) is 0. The highest BCUT2D eigenvalue weighted by Crippen LogP contribution is 2.22. The number of hydrogen-bond acceptors (Lipinski definition) is 2. The number of ketones is 1. The van der Waals surface area contributed by atoms with Crippen molar-refractivity contribution in [2.75, 3.05) is 6.61 Å². The Morgan fingerprint density at radius 3 is 2.50 bits per heavy atom. The topological polar surface area (TPSA) is 26.3 Å². The van der Waals surface area contributed by atoms with Crippen LogP contribution in [0.3, 0.4) is 0 Å². The van der Waals surface area contributed by atoms with Crippen molar-refractivity contribution in [1.29, 1.82) is 0 Å². The number of aryl methyl sites for hydroxylation is 1. The number of carbonyl (C=O) groups is 1. The lowest BCUT2D eigenvalue weighted by Crippen LogP contribution is -2.26. The summed E-state index contributed by atoms with van der Waals surface area (Å²) >= 11 is 5.89. The van der Waals surface area contributed by atoms with Gasteiger partial charge in [-0.2, -0.15) is 0 Å². The van der Waals surface area contributed by atoms with E-state index in [2.05, 4.69) is 0 Å². The molecule has 0 bridgehead atoms. The summed E-state index contributed by atoms with van der Waals surface area (Å²) < 4.78 is 5.42. The van der Waals surface area contributed by atoms with Gasteiger partial charge in [-0.3, -0.25) is 4.79 Å². The Balaban J connectivity index is 2.62. The highest BCUT2D eigenvalue weighted by Gasteiger charge is 2.21. The molecule has 0 heterocycles. The van der Waals surface area contributed by atoms with Crippen LogP contribution in [-0.2, 0) is 4.79 Å². The van der Waals surface area contributed by atoms with Gasteiger partial charge in [0.1, 0.15) is 12.4 Å². The van der Waals surface area contributed by atoms with Gasteiger partial charge in [0.15, 0.2) is 5.78 Å². The molecule has 0 radical (unpaired) electrons. The highest BCUT2D eigenvalue weighted by atomic mass is 35.5. The van der Waals surface area contributed by atoms with Gasteiger partial charge in [0.2, 0.25) is 0 Å². The lowest BCUT2D eigenvalue weighted by atomic mass is 9.91. The Kier molecular flexibility index (Phi) is 3.98. The number of rotatable bonds is 3. The maximum atomic E-state index is 11.6. The Bertz CT molecular complexity index is 391. The van der Waals surface area contributed by atoms with Crippen molar-refractivity contribution < 1.29 is 9.53 Å². The van der Waals surface area contributed by atoms with Gasteiger partial charge in [0.05, 0.1) is 0 Å². The van der Waals surface area contributed by atoms with Crippen LogP contribution in [0.15, 0.2) is 18.2 Å². The third-order valence-electron chi connectivity index (χ3n) is 2.34. The first-order valence-electron chi connectivity index (χ1n) is 5.23. The predicted octanol–water partition coefficient (Wildman–Crippen LogP) is 3.64. The molecule has 88 valence electrons. The summed E-state index contributed by atoms with van der Waals surface area (Å²) in [6.45, 7) is 7.65. The lowest BCUT2D eigenvalue weighted by Gasteiger charge is -2.16. The van der Waals surface area contributed by atoms with E-state index in [1.165, 1.54) is 0 Å². The summed E-state index contributed by atoms with van der Waals surface area (Å²) in [6, 6.07) is 5.37. The van der Waals surface area contributed by atoms with Crippen LogP contribution in [0, 0.1) is 12.3 Å². The molecule has 0 saturated heterocycles. The van der Waals surface area contributed by atoms with E-state index in [1.54, 1.807) is 12.1 Å². The van der Waals surface area contributed by atoms with Crippen molar-refractivity contribution in [2.45, 2.75) is 27.7 Å². The Hall–Kier alpha value is -1.02. The first kappa shape index (κ1) is 13.0. The van der Waals surface area contributed by atoms with Gasteiger partial charge in [-0.25, -0.2) is 0 Å². The van der Waals surface area contributed by atoms with Gasteiger partial charge in [0.25, 0.3) is 0 Å². The van der Waals surface area contributed by atoms with E-state index in [4.69, 9.17) is 16.3 Å². The molecule has 1 aromatic carbocycles. The number of carbonyl (C=O) groups excluding carboxylic acids is 1. The monoisotopic (exact) mass is 240 g/mol. The molecule has 0 aliphatic heterocycles. The number of hydrogen-bond donors (Lipinski definition) is 0. The van der Waals surface area contributed by atoms with E-state index in [9.17, 15) is 4.79 Å². The molecule has 0 atom stereocenters. The minimum absolute atomic E-state index is 0.0834. The Morgan fingerprint density at radius 1 is 1.38 bits per heavy atom. The summed E-state index contributed by atoms with van der Waals surface area (Å²) in [7, 11) is 0. The third-order valence-corrected chi connectivity index (χ3v) is 2.76. The van der Waals surface area contributed by atoms with Crippen LogP contribution < -0.4 is 4.74 Å². The molecule has 16 heavy (non-hydrogen) atoms. The summed E-state index contributed by atoms with van der Waals surface area (Å²) in [4.78, 5) is 11.6. The van der Waals surface area contributed by atoms with E-state index in [0.717, 1.165) is 5.56 Å². The summed E-state index contributed by atoms with van der Waals surface area (Å²) in [5.74, 6) is 0.764. The van der Waals surface area contributed by atoms with Crippen LogP contribution in [0.4, 0.5) is 0 Å². The number of halogens is 1. The second-order valence-electron chi connectivity index (χ2n) is 4.87. The van der Waals surface area contributed by atoms with Crippen LogP contribution in [0.2, 0.25) is 5.02 Å². The molecule has 0 aliphatic rings. The number of ether oxygens (including phenoxy) is 1. The number of Topliss-reactive ketones (excluding diaryl/α,β-unsaturated/α-hetero) is 1. The first-order chi connectivity index (χ1) is 7.30. The molecule has 0 amide bonds. The van der Waals surface area contributed by atoms with Crippen molar-refractivity contribution >= 4 is 17.4 Å². The Labute approximate surface area is 102 Å². The smallest absolute Gasteiger partial charge is 0.175 e. The molecule has 0 aliphatic carbocycles. The molecule has 0 N–H and O–H groups in total. The zero-order valence-corrected chi connectivity index (χ0v) is 10.9. The average Bonchev–Trinajstić information content (AvgIpc) is 2.18. The molecule has 0 saturated carbocycles. The second-order valence-corrected chi connectivity index (χ2v) is 5.28. The zero-order valence-electron chi connectivity index (χ0n) is 10.1. The van der Waals surface area contributed by atoms with E-state index in [0.29, 0.717) is 10.8 Å². The largest absolute Gasteiger partial charge is 0.486 e. The SMILES string of the molecule is Cc1cc(OCC(=O)C(C)(C)C)ccc1Cl. The van der Waals surface area contributed by atoms with Crippen molar-refractivity contribution in [3.8, 4) is 5.75 Å². The molecule has 0 unspecified atom stereocenters. The molecular formula is C13H17ClO2. The van der Waals surface area contributed by atoms with Crippen molar-refractivity contribution in [3.63, 3.8) is 0 Å². The van der Waals surface area contributed by atoms with Gasteiger partial charge in [-0.05, 0) is 30.7 Å². The van der Waals surface area contributed by atoms with Crippen LogP contribution in [0.1, 0.15) is 26.3 Å². The molecule has 0 spiro atoms. The molecule has 0 fully saturated rings. The van der Waals surface area contributed by atoms with E-state index >= 15 is 0 Å². The minimum Gasteiger partial charge on any atom is -0.486 e. The number of benzene rings is 1. The van der Waals surface area contributed by atoms with Crippen LogP contribution in [0.25, 0.3) is 0 Å². The normalized spacial score (nSPS) is 11.3. The molecule has 0 aromatic heterocycles. The molecule has 2 nitrogen and oxygen atoms in total. The predicted molar refractivity (Wildman–Crippen MR) is 66.1 cm³/mol. The van der Waals surface area contributed by atoms with Gasteiger partial charge < -0.3 is 4.74 Å². The van der Waals surface area contributed by atoms with Crippen molar-refractivity contribution in [1.82, 2.24) is 0 Å². The fourth-order valence-corrected chi connectivity index (χ4v) is 1.19. The quantitative estimate of drug-likeness (QED) is 0.806. The lowest BCUT2D eigenvalue weighted by molar-refractivity contribution is -0.128. The summed E-state index contributed by atoms with van der Waals surface area (Å²) in [5, 5.41) is 0.703. The Morgan fingerprint density at radius 2 is 2.00 bits per heavy atom. The molecular weight excluding hydrogens is 224 g/mol. The van der Waals surface area contributed by atoms with E-state index in [1.807, 2.05) is 33.8 Å². The van der Waals surface area contributed by atoms with Crippen LogP contribution in [-0.4, -0.2) is 12.4 Å². The first-order valence-corrected chi connectivity index (χ1v) is 5.61. The molecule has 1 rings (SSSR count). The standard InChI is InChI=1S/C13H17ClO2/c1-9-7-10(5-6-11(9)14)16-8-12(15)13(2,3)4/h5-7H,8H2,1-4H3. The maximum absolute atomic E-state index is 11.6. The van der Waals surface area contributed by atoms with Crippen molar-refractivity contribution in [3.05, 3.63) is 28.8 Å². The molecule has 3 heteroatoms. The second kappa shape index (κ2) is 4.88. The van der Waals surface area contributed by atoms with Gasteiger partial charge in [0, 0.05) is 10.4 Å².